The van der Waals surface area contributed by atoms with Crippen LogP contribution in [-0.2, 0) is 6.18 Å². The molecular weight excluding hydrogens is 312 g/mol. The van der Waals surface area contributed by atoms with Crippen molar-refractivity contribution in [3.8, 4) is 11.5 Å². The zero-order chi connectivity index (χ0) is 16.4. The van der Waals surface area contributed by atoms with Gasteiger partial charge in [0.1, 0.15) is 11.3 Å². The Labute approximate surface area is 113 Å². The van der Waals surface area contributed by atoms with Crippen molar-refractivity contribution >= 4 is 5.69 Å². The number of nitrogens with zero attached hydrogens (tertiary/aromatic N) is 1. The van der Waals surface area contributed by atoms with Gasteiger partial charge in [-0.3, -0.25) is 10.1 Å². The number of nitro groups is 1. The Balaban J connectivity index is 3.58. The molecule has 0 saturated carbocycles. The Morgan fingerprint density at radius 2 is 1.76 bits per heavy atom. The molecule has 0 heterocycles. The van der Waals surface area contributed by atoms with Crippen LogP contribution in [0.3, 0.4) is 0 Å². The SMILES string of the molecule is CCOc1cc([N+](=O)[O-])c(OC(F)(F)F)c(C(F)(F)F)c1. The van der Waals surface area contributed by atoms with Gasteiger partial charge >= 0.3 is 18.2 Å². The molecule has 1 aromatic carbocycles. The van der Waals surface area contributed by atoms with Crippen LogP contribution in [0.1, 0.15) is 12.5 Å². The summed E-state index contributed by atoms with van der Waals surface area (Å²) in [6.07, 6.45) is -10.8. The number of alkyl halides is 6. The molecule has 118 valence electrons. The van der Waals surface area contributed by atoms with E-state index < -0.39 is 40.2 Å². The van der Waals surface area contributed by atoms with Crippen LogP contribution in [0.15, 0.2) is 12.1 Å². The number of hydrogen-bond acceptors (Lipinski definition) is 4. The lowest BCUT2D eigenvalue weighted by Crippen LogP contribution is -2.21. The first kappa shape index (κ1) is 16.9. The van der Waals surface area contributed by atoms with Crippen molar-refractivity contribution in [2.45, 2.75) is 19.5 Å². The van der Waals surface area contributed by atoms with Crippen LogP contribution in [0.4, 0.5) is 32.0 Å². The summed E-state index contributed by atoms with van der Waals surface area (Å²) < 4.78 is 82.6. The standard InChI is InChI=1S/C10H7F6NO4/c1-2-20-5-3-6(9(11,12)13)8(21-10(14,15)16)7(4-5)17(18)19/h3-4H,2H2,1H3. The van der Waals surface area contributed by atoms with Crippen LogP contribution < -0.4 is 9.47 Å². The topological polar surface area (TPSA) is 61.6 Å². The Morgan fingerprint density at radius 1 is 1.19 bits per heavy atom. The van der Waals surface area contributed by atoms with Gasteiger partial charge in [-0.25, -0.2) is 0 Å². The Morgan fingerprint density at radius 3 is 2.14 bits per heavy atom. The van der Waals surface area contributed by atoms with Crippen molar-refractivity contribution in [3.05, 3.63) is 27.8 Å². The van der Waals surface area contributed by atoms with Gasteiger partial charge in [0.25, 0.3) is 0 Å². The van der Waals surface area contributed by atoms with E-state index in [9.17, 15) is 36.5 Å². The summed E-state index contributed by atoms with van der Waals surface area (Å²) >= 11 is 0. The fourth-order valence-electron chi connectivity index (χ4n) is 1.41. The minimum Gasteiger partial charge on any atom is -0.494 e. The predicted molar refractivity (Wildman–Crippen MR) is 56.0 cm³/mol. The van der Waals surface area contributed by atoms with E-state index in [1.165, 1.54) is 6.92 Å². The van der Waals surface area contributed by atoms with Gasteiger partial charge in [0.2, 0.25) is 5.75 Å². The summed E-state index contributed by atoms with van der Waals surface area (Å²) in [5, 5.41) is 10.7. The number of halogens is 6. The molecular formula is C10H7F6NO4. The van der Waals surface area contributed by atoms with Gasteiger partial charge in [-0.1, -0.05) is 0 Å². The van der Waals surface area contributed by atoms with Gasteiger partial charge in [-0.05, 0) is 13.0 Å². The van der Waals surface area contributed by atoms with Crippen LogP contribution >= 0.6 is 0 Å². The van der Waals surface area contributed by atoms with E-state index in [0.717, 1.165) is 0 Å². The quantitative estimate of drug-likeness (QED) is 0.479. The van der Waals surface area contributed by atoms with Crippen molar-refractivity contribution in [1.29, 1.82) is 0 Å². The molecule has 0 aliphatic rings. The molecule has 0 N–H and O–H groups in total. The van der Waals surface area contributed by atoms with Crippen LogP contribution in [-0.4, -0.2) is 17.9 Å². The second kappa shape index (κ2) is 5.66. The highest BCUT2D eigenvalue weighted by molar-refractivity contribution is 5.57. The molecule has 1 rings (SSSR count). The molecule has 11 heteroatoms. The van der Waals surface area contributed by atoms with E-state index in [2.05, 4.69) is 9.47 Å². The van der Waals surface area contributed by atoms with E-state index in [-0.39, 0.29) is 12.7 Å². The first-order chi connectivity index (χ1) is 9.45. The maximum absolute atomic E-state index is 12.8. The van der Waals surface area contributed by atoms with Gasteiger partial charge in [0, 0.05) is 0 Å². The van der Waals surface area contributed by atoms with Crippen molar-refractivity contribution in [3.63, 3.8) is 0 Å². The lowest BCUT2D eigenvalue weighted by Gasteiger charge is -2.16. The molecule has 0 bridgehead atoms. The van der Waals surface area contributed by atoms with Gasteiger partial charge < -0.3 is 9.47 Å². The molecule has 0 atom stereocenters. The number of benzene rings is 1. The lowest BCUT2D eigenvalue weighted by molar-refractivity contribution is -0.389. The molecule has 0 unspecified atom stereocenters. The second-order valence-electron chi connectivity index (χ2n) is 3.55. The fourth-order valence-corrected chi connectivity index (χ4v) is 1.41. The average Bonchev–Trinajstić information content (AvgIpc) is 2.27. The lowest BCUT2D eigenvalue weighted by atomic mass is 10.1. The highest BCUT2D eigenvalue weighted by atomic mass is 19.4. The monoisotopic (exact) mass is 319 g/mol. The third-order valence-electron chi connectivity index (χ3n) is 2.07. The maximum Gasteiger partial charge on any atom is 0.573 e. The van der Waals surface area contributed by atoms with Crippen LogP contribution in [0.25, 0.3) is 0 Å². The minimum atomic E-state index is -5.52. The minimum absolute atomic E-state index is 0.131. The molecule has 0 radical (unpaired) electrons. The number of rotatable bonds is 4. The highest BCUT2D eigenvalue weighted by Crippen LogP contribution is 2.45. The number of hydrogen-bond donors (Lipinski definition) is 0. The largest absolute Gasteiger partial charge is 0.573 e. The molecule has 0 aliphatic carbocycles. The average molecular weight is 319 g/mol. The normalized spacial score (nSPS) is 12.1. The van der Waals surface area contributed by atoms with E-state index in [1.807, 2.05) is 0 Å². The summed E-state index contributed by atoms with van der Waals surface area (Å²) in [7, 11) is 0. The molecule has 0 fully saturated rings. The zero-order valence-electron chi connectivity index (χ0n) is 10.2. The van der Waals surface area contributed by atoms with E-state index >= 15 is 0 Å². The Kier molecular flexibility index (Phi) is 4.54. The zero-order valence-corrected chi connectivity index (χ0v) is 10.2. The number of ether oxygens (including phenoxy) is 2. The highest BCUT2D eigenvalue weighted by Gasteiger charge is 2.44. The van der Waals surface area contributed by atoms with Crippen molar-refractivity contribution in [1.82, 2.24) is 0 Å². The molecule has 1 aromatic rings. The molecule has 0 saturated heterocycles. The maximum atomic E-state index is 12.8. The Bertz CT molecular complexity index is 540. The number of nitro benzene ring substituents is 1. The summed E-state index contributed by atoms with van der Waals surface area (Å²) in [5.74, 6) is -2.52. The van der Waals surface area contributed by atoms with E-state index in [1.54, 1.807) is 0 Å². The first-order valence-corrected chi connectivity index (χ1v) is 5.24. The summed E-state index contributed by atoms with van der Waals surface area (Å²) in [6.45, 7) is 1.26. The third-order valence-corrected chi connectivity index (χ3v) is 2.07. The van der Waals surface area contributed by atoms with Crippen molar-refractivity contribution < 1.29 is 40.7 Å². The van der Waals surface area contributed by atoms with E-state index in [0.29, 0.717) is 6.07 Å². The van der Waals surface area contributed by atoms with Crippen molar-refractivity contribution in [2.75, 3.05) is 6.61 Å². The molecule has 0 aliphatic heterocycles. The molecule has 0 spiro atoms. The first-order valence-electron chi connectivity index (χ1n) is 5.24. The van der Waals surface area contributed by atoms with Crippen molar-refractivity contribution in [2.24, 2.45) is 0 Å². The van der Waals surface area contributed by atoms with Gasteiger partial charge in [0.05, 0.1) is 17.6 Å². The smallest absolute Gasteiger partial charge is 0.494 e. The van der Waals surface area contributed by atoms with Gasteiger partial charge in [0.15, 0.2) is 0 Å². The van der Waals surface area contributed by atoms with Crippen LogP contribution in [0, 0.1) is 10.1 Å². The molecule has 21 heavy (non-hydrogen) atoms. The molecule has 5 nitrogen and oxygen atoms in total. The molecule has 0 amide bonds. The van der Waals surface area contributed by atoms with Gasteiger partial charge in [-0.2, -0.15) is 13.2 Å². The Hall–Kier alpha value is -2.20. The summed E-state index contributed by atoms with van der Waals surface area (Å²) in [4.78, 5) is 9.26. The summed E-state index contributed by atoms with van der Waals surface area (Å²) in [6, 6.07) is 0.636. The predicted octanol–water partition coefficient (Wildman–Crippen LogP) is 3.91. The van der Waals surface area contributed by atoms with Gasteiger partial charge in [-0.15, -0.1) is 13.2 Å². The van der Waals surface area contributed by atoms with E-state index in [4.69, 9.17) is 0 Å². The second-order valence-corrected chi connectivity index (χ2v) is 3.55. The summed E-state index contributed by atoms with van der Waals surface area (Å²) in [5.41, 5.74) is -3.44. The van der Waals surface area contributed by atoms with Crippen LogP contribution in [0.2, 0.25) is 0 Å². The fraction of sp³-hybridized carbons (Fsp3) is 0.400. The van der Waals surface area contributed by atoms with Crippen LogP contribution in [0.5, 0.6) is 11.5 Å². The third kappa shape index (κ3) is 4.39. The molecule has 0 aromatic heterocycles.